The lowest BCUT2D eigenvalue weighted by Crippen LogP contribution is -2.60. The van der Waals surface area contributed by atoms with Crippen molar-refractivity contribution < 1.29 is 4.79 Å². The zero-order valence-electron chi connectivity index (χ0n) is 17.3. The molecule has 2 unspecified atom stereocenters. The molecule has 1 saturated heterocycles. The number of allylic oxidation sites excluding steroid dienone is 2. The Morgan fingerprint density at radius 3 is 2.80 bits per heavy atom. The van der Waals surface area contributed by atoms with E-state index in [1.807, 2.05) is 24.5 Å². The molecule has 2 heterocycles. The minimum absolute atomic E-state index is 0.0168. The summed E-state index contributed by atoms with van der Waals surface area (Å²) in [6.45, 7) is 4.00. The van der Waals surface area contributed by atoms with E-state index in [4.69, 9.17) is 0 Å². The van der Waals surface area contributed by atoms with Crippen LogP contribution in [0.2, 0.25) is 0 Å². The number of carbonyl (C=O) groups excluding carboxylic acids is 1. The molecule has 0 bridgehead atoms. The molecule has 1 amide bonds. The highest BCUT2D eigenvalue weighted by molar-refractivity contribution is 5.97. The van der Waals surface area contributed by atoms with E-state index >= 15 is 0 Å². The van der Waals surface area contributed by atoms with Crippen molar-refractivity contribution in [1.29, 1.82) is 0 Å². The average molecular weight is 401 g/mol. The van der Waals surface area contributed by atoms with Crippen molar-refractivity contribution in [2.75, 3.05) is 18.4 Å². The molecule has 1 aliphatic heterocycles. The van der Waals surface area contributed by atoms with Gasteiger partial charge in [-0.25, -0.2) is 0 Å². The maximum absolute atomic E-state index is 12.8. The molecule has 3 N–H and O–H groups in total. The van der Waals surface area contributed by atoms with Gasteiger partial charge in [0, 0.05) is 53.9 Å². The van der Waals surface area contributed by atoms with Crippen LogP contribution in [0.3, 0.4) is 0 Å². The van der Waals surface area contributed by atoms with E-state index in [2.05, 4.69) is 64.3 Å². The first-order valence-corrected chi connectivity index (χ1v) is 10.8. The van der Waals surface area contributed by atoms with Gasteiger partial charge in [0.05, 0.1) is 5.54 Å². The highest BCUT2D eigenvalue weighted by atomic mass is 16.1. The number of aromatic nitrogens is 1. The molecule has 1 aromatic heterocycles. The average Bonchev–Trinajstić information content (AvgIpc) is 3.04. The van der Waals surface area contributed by atoms with Gasteiger partial charge in [-0.3, -0.25) is 9.78 Å². The van der Waals surface area contributed by atoms with Crippen LogP contribution in [0.1, 0.15) is 36.3 Å². The summed E-state index contributed by atoms with van der Waals surface area (Å²) < 4.78 is 0. The fourth-order valence-corrected chi connectivity index (χ4v) is 4.83. The van der Waals surface area contributed by atoms with E-state index in [-0.39, 0.29) is 17.4 Å². The van der Waals surface area contributed by atoms with Crippen molar-refractivity contribution in [3.63, 3.8) is 0 Å². The molecule has 30 heavy (non-hydrogen) atoms. The monoisotopic (exact) mass is 400 g/mol. The van der Waals surface area contributed by atoms with Crippen LogP contribution < -0.4 is 16.0 Å². The van der Waals surface area contributed by atoms with E-state index in [1.54, 1.807) is 0 Å². The number of carbonyl (C=O) groups is 1. The Morgan fingerprint density at radius 1 is 1.23 bits per heavy atom. The topological polar surface area (TPSA) is 66.0 Å². The number of benzene rings is 1. The van der Waals surface area contributed by atoms with Gasteiger partial charge in [0.25, 0.3) is 5.91 Å². The van der Waals surface area contributed by atoms with Crippen LogP contribution in [0.5, 0.6) is 0 Å². The molecule has 5 nitrogen and oxygen atoms in total. The predicted molar refractivity (Wildman–Crippen MR) is 120 cm³/mol. The van der Waals surface area contributed by atoms with Crippen LogP contribution in [0, 0.1) is 12.8 Å². The van der Waals surface area contributed by atoms with Crippen molar-refractivity contribution in [2.24, 2.45) is 5.92 Å². The number of nitrogens with zero attached hydrogens (tertiary/aromatic N) is 1. The smallest absolute Gasteiger partial charge is 0.251 e. The van der Waals surface area contributed by atoms with E-state index in [0.29, 0.717) is 5.92 Å². The lowest BCUT2D eigenvalue weighted by molar-refractivity contribution is -0.120. The summed E-state index contributed by atoms with van der Waals surface area (Å²) in [5.74, 6) is 0.849. The molecule has 154 valence electrons. The molecule has 1 aromatic carbocycles. The zero-order valence-corrected chi connectivity index (χ0v) is 17.3. The third kappa shape index (κ3) is 3.54. The number of hydrogen-bond acceptors (Lipinski definition) is 4. The molecular weight excluding hydrogens is 372 g/mol. The Hall–Kier alpha value is -2.92. The Labute approximate surface area is 177 Å². The van der Waals surface area contributed by atoms with E-state index in [0.717, 1.165) is 48.4 Å². The van der Waals surface area contributed by atoms with Crippen LogP contribution in [-0.2, 0) is 4.79 Å². The fourth-order valence-electron chi connectivity index (χ4n) is 4.83. The van der Waals surface area contributed by atoms with Gasteiger partial charge in [-0.2, -0.15) is 0 Å². The Morgan fingerprint density at radius 2 is 2.10 bits per heavy atom. The van der Waals surface area contributed by atoms with Crippen molar-refractivity contribution in [1.82, 2.24) is 15.6 Å². The molecule has 1 saturated carbocycles. The van der Waals surface area contributed by atoms with Crippen LogP contribution in [0.4, 0.5) is 11.4 Å². The molecule has 0 radical (unpaired) electrons. The number of amides is 1. The van der Waals surface area contributed by atoms with Gasteiger partial charge in [-0.05, 0) is 50.3 Å². The first-order chi connectivity index (χ1) is 14.6. The quantitative estimate of drug-likeness (QED) is 0.711. The summed E-state index contributed by atoms with van der Waals surface area (Å²) in [6.07, 6.45) is 13.0. The largest absolute Gasteiger partial charge is 0.355 e. The van der Waals surface area contributed by atoms with Crippen LogP contribution in [-0.4, -0.2) is 29.5 Å². The van der Waals surface area contributed by atoms with Gasteiger partial charge in [0.1, 0.15) is 0 Å². The summed E-state index contributed by atoms with van der Waals surface area (Å²) in [4.78, 5) is 17.2. The Bertz CT molecular complexity index is 1010. The standard InChI is InChI=1S/C25H28N4O/c1-17-2-8-21(9-3-17)28-23-11-13-26-15-22(23)18-4-6-19(7-5-18)24(30)29-25-12-10-20(25)14-27-16-25/h2-4,6-9,11,13,15,18,20,27H,5,10,12,14,16H2,1H3,(H,26,28)(H,29,30)/t18?,20?,25-/m0/s1. The van der Waals surface area contributed by atoms with Crippen molar-refractivity contribution >= 4 is 17.3 Å². The summed E-state index contributed by atoms with van der Waals surface area (Å²) in [7, 11) is 0. The van der Waals surface area contributed by atoms with Crippen molar-refractivity contribution in [3.05, 3.63) is 77.7 Å². The Kier molecular flexibility index (Phi) is 4.91. The van der Waals surface area contributed by atoms with E-state index in [9.17, 15) is 4.79 Å². The molecule has 2 aromatic rings. The molecule has 3 aliphatic rings. The lowest BCUT2D eigenvalue weighted by Gasteiger charge is -2.44. The predicted octanol–water partition coefficient (Wildman–Crippen LogP) is 3.97. The molecule has 2 aliphatic carbocycles. The highest BCUT2D eigenvalue weighted by Crippen LogP contribution is 2.41. The lowest BCUT2D eigenvalue weighted by atomic mass is 9.69. The van der Waals surface area contributed by atoms with Gasteiger partial charge in [-0.1, -0.05) is 35.9 Å². The highest BCUT2D eigenvalue weighted by Gasteiger charge is 2.50. The van der Waals surface area contributed by atoms with Crippen molar-refractivity contribution in [2.45, 2.75) is 37.6 Å². The molecule has 0 spiro atoms. The number of aryl methyl sites for hydroxylation is 1. The van der Waals surface area contributed by atoms with Gasteiger partial charge in [0.2, 0.25) is 0 Å². The second-order valence-electron chi connectivity index (χ2n) is 8.79. The second-order valence-corrected chi connectivity index (χ2v) is 8.79. The number of pyridine rings is 1. The van der Waals surface area contributed by atoms with Gasteiger partial charge in [0.15, 0.2) is 0 Å². The SMILES string of the molecule is Cc1ccc(Nc2ccncc2C2C=CC(C(=O)N[C@]34CCC3CNC4)=CC2)cc1. The molecule has 2 fully saturated rings. The number of nitrogens with one attached hydrogen (secondary N) is 3. The van der Waals surface area contributed by atoms with Gasteiger partial charge < -0.3 is 16.0 Å². The second kappa shape index (κ2) is 7.73. The third-order valence-electron chi connectivity index (χ3n) is 6.86. The normalized spacial score (nSPS) is 27.0. The summed E-state index contributed by atoms with van der Waals surface area (Å²) in [6, 6.07) is 10.4. The van der Waals surface area contributed by atoms with Crippen LogP contribution in [0.25, 0.3) is 0 Å². The Balaban J connectivity index is 1.27. The number of fused-ring (bicyclic) bond motifs is 1. The van der Waals surface area contributed by atoms with E-state index in [1.165, 1.54) is 12.0 Å². The minimum Gasteiger partial charge on any atom is -0.355 e. The first kappa shape index (κ1) is 19.1. The van der Waals surface area contributed by atoms with E-state index < -0.39 is 0 Å². The maximum atomic E-state index is 12.8. The minimum atomic E-state index is -0.0168. The maximum Gasteiger partial charge on any atom is 0.251 e. The molecule has 3 atom stereocenters. The molecule has 5 heteroatoms. The van der Waals surface area contributed by atoms with Crippen LogP contribution >= 0.6 is 0 Å². The number of hydrogen-bond donors (Lipinski definition) is 3. The first-order valence-electron chi connectivity index (χ1n) is 10.8. The number of anilines is 2. The fraction of sp³-hybridized carbons (Fsp3) is 0.360. The summed E-state index contributed by atoms with van der Waals surface area (Å²) in [5.41, 5.74) is 5.25. The summed E-state index contributed by atoms with van der Waals surface area (Å²) >= 11 is 0. The van der Waals surface area contributed by atoms with Gasteiger partial charge in [-0.15, -0.1) is 0 Å². The third-order valence-corrected chi connectivity index (χ3v) is 6.86. The zero-order chi connectivity index (χ0) is 20.6. The van der Waals surface area contributed by atoms with Crippen molar-refractivity contribution in [3.8, 4) is 0 Å². The molecular formula is C25H28N4O. The summed E-state index contributed by atoms with van der Waals surface area (Å²) in [5, 5.41) is 10.3. The molecule has 5 rings (SSSR count). The number of rotatable bonds is 5. The van der Waals surface area contributed by atoms with Gasteiger partial charge >= 0.3 is 0 Å². The van der Waals surface area contributed by atoms with Crippen LogP contribution in [0.15, 0.2) is 66.5 Å².